The van der Waals surface area contributed by atoms with Crippen LogP contribution in [0.4, 0.5) is 5.82 Å². The predicted octanol–water partition coefficient (Wildman–Crippen LogP) is 6.05. The molecular weight excluding hydrogens is 330 g/mol. The molecule has 3 nitrogen and oxygen atoms in total. The van der Waals surface area contributed by atoms with E-state index >= 15 is 0 Å². The van der Waals surface area contributed by atoms with Crippen LogP contribution in [0.15, 0.2) is 90.0 Å². The third-order valence-corrected chi connectivity index (χ3v) is 4.67. The Morgan fingerprint density at radius 3 is 2.26 bits per heavy atom. The molecule has 132 valence electrons. The average molecular weight is 351 g/mol. The second kappa shape index (κ2) is 7.42. The van der Waals surface area contributed by atoms with Crippen LogP contribution in [0.2, 0.25) is 0 Å². The molecule has 0 aliphatic heterocycles. The predicted molar refractivity (Wildman–Crippen MR) is 114 cm³/mol. The van der Waals surface area contributed by atoms with Crippen molar-refractivity contribution in [2.24, 2.45) is 5.10 Å². The standard InChI is InChI=1S/C24H21N3/c1-17-16-24(25-23-11-7-6-10-22(17)23)27-26-18(2)19-12-14-21(15-13-19)20-8-4-3-5-9-20/h3-16H,1-2H3,(H,25,27)/b26-18-. The van der Waals surface area contributed by atoms with Gasteiger partial charge in [-0.15, -0.1) is 0 Å². The van der Waals surface area contributed by atoms with Gasteiger partial charge < -0.3 is 0 Å². The van der Waals surface area contributed by atoms with Gasteiger partial charge in [0.2, 0.25) is 0 Å². The van der Waals surface area contributed by atoms with Crippen molar-refractivity contribution in [2.75, 3.05) is 5.43 Å². The van der Waals surface area contributed by atoms with Crippen LogP contribution in [0.3, 0.4) is 0 Å². The molecule has 0 saturated heterocycles. The third-order valence-electron chi connectivity index (χ3n) is 4.67. The number of anilines is 1. The van der Waals surface area contributed by atoms with E-state index in [1.807, 2.05) is 37.3 Å². The molecule has 0 saturated carbocycles. The molecule has 0 bridgehead atoms. The molecule has 0 fully saturated rings. The van der Waals surface area contributed by atoms with Gasteiger partial charge in [-0.1, -0.05) is 72.8 Å². The maximum absolute atomic E-state index is 4.64. The largest absolute Gasteiger partial charge is 0.261 e. The molecule has 0 amide bonds. The van der Waals surface area contributed by atoms with E-state index in [9.17, 15) is 0 Å². The molecule has 3 heteroatoms. The van der Waals surface area contributed by atoms with E-state index in [-0.39, 0.29) is 0 Å². The number of nitrogens with one attached hydrogen (secondary N) is 1. The maximum Gasteiger partial charge on any atom is 0.147 e. The molecule has 0 radical (unpaired) electrons. The van der Waals surface area contributed by atoms with Crippen LogP contribution in [-0.4, -0.2) is 10.7 Å². The van der Waals surface area contributed by atoms with Gasteiger partial charge in [0, 0.05) is 5.39 Å². The zero-order valence-electron chi connectivity index (χ0n) is 15.5. The van der Waals surface area contributed by atoms with Crippen molar-refractivity contribution in [3.8, 4) is 11.1 Å². The van der Waals surface area contributed by atoms with Gasteiger partial charge in [-0.25, -0.2) is 4.98 Å². The molecule has 0 unspecified atom stereocenters. The smallest absolute Gasteiger partial charge is 0.147 e. The highest BCUT2D eigenvalue weighted by Crippen LogP contribution is 2.21. The lowest BCUT2D eigenvalue weighted by Gasteiger charge is -2.07. The van der Waals surface area contributed by atoms with Crippen molar-refractivity contribution >= 4 is 22.4 Å². The molecule has 0 spiro atoms. The Kier molecular flexibility index (Phi) is 4.67. The molecule has 1 aromatic heterocycles. The Hall–Kier alpha value is -3.46. The number of aromatic nitrogens is 1. The molecule has 0 aliphatic rings. The highest BCUT2D eigenvalue weighted by atomic mass is 15.3. The van der Waals surface area contributed by atoms with Gasteiger partial charge in [-0.05, 0) is 48.2 Å². The highest BCUT2D eigenvalue weighted by molar-refractivity contribution is 5.99. The first-order chi connectivity index (χ1) is 13.2. The first kappa shape index (κ1) is 17.0. The van der Waals surface area contributed by atoms with Crippen molar-refractivity contribution in [3.05, 3.63) is 96.1 Å². The number of rotatable bonds is 4. The second-order valence-corrected chi connectivity index (χ2v) is 6.59. The number of fused-ring (bicyclic) bond motifs is 1. The molecule has 4 aromatic rings. The monoisotopic (exact) mass is 351 g/mol. The number of aryl methyl sites for hydroxylation is 1. The van der Waals surface area contributed by atoms with Gasteiger partial charge in [0.1, 0.15) is 5.82 Å². The van der Waals surface area contributed by atoms with Crippen LogP contribution < -0.4 is 5.43 Å². The summed E-state index contributed by atoms with van der Waals surface area (Å²) in [5, 5.41) is 5.69. The minimum Gasteiger partial charge on any atom is -0.261 e. The number of nitrogens with zero attached hydrogens (tertiary/aromatic N) is 2. The van der Waals surface area contributed by atoms with Crippen LogP contribution in [0, 0.1) is 6.92 Å². The van der Waals surface area contributed by atoms with Crippen molar-refractivity contribution in [1.82, 2.24) is 4.98 Å². The van der Waals surface area contributed by atoms with Gasteiger partial charge in [-0.3, -0.25) is 5.43 Å². The Balaban J connectivity index is 1.54. The molecule has 3 aromatic carbocycles. The van der Waals surface area contributed by atoms with E-state index in [4.69, 9.17) is 0 Å². The lowest BCUT2D eigenvalue weighted by molar-refractivity contribution is 1.24. The third kappa shape index (κ3) is 3.72. The van der Waals surface area contributed by atoms with Crippen LogP contribution in [-0.2, 0) is 0 Å². The minimum absolute atomic E-state index is 0.756. The normalized spacial score (nSPS) is 11.6. The fraction of sp³-hybridized carbons (Fsp3) is 0.0833. The Morgan fingerprint density at radius 2 is 1.48 bits per heavy atom. The number of benzene rings is 3. The fourth-order valence-electron chi connectivity index (χ4n) is 3.15. The molecule has 27 heavy (non-hydrogen) atoms. The summed E-state index contributed by atoms with van der Waals surface area (Å²) >= 11 is 0. The lowest BCUT2D eigenvalue weighted by Crippen LogP contribution is -2.01. The summed E-state index contributed by atoms with van der Waals surface area (Å²) in [6.45, 7) is 4.09. The van der Waals surface area contributed by atoms with Crippen LogP contribution in [0.25, 0.3) is 22.0 Å². The summed E-state index contributed by atoms with van der Waals surface area (Å²) in [6, 6.07) is 29.0. The van der Waals surface area contributed by atoms with Gasteiger partial charge in [0.15, 0.2) is 0 Å². The number of hydrazone groups is 1. The Bertz CT molecular complexity index is 1100. The Labute approximate surface area is 159 Å². The fourth-order valence-corrected chi connectivity index (χ4v) is 3.15. The first-order valence-electron chi connectivity index (χ1n) is 9.03. The molecule has 0 aliphatic carbocycles. The van der Waals surface area contributed by atoms with E-state index in [0.29, 0.717) is 0 Å². The van der Waals surface area contributed by atoms with Crippen molar-refractivity contribution in [2.45, 2.75) is 13.8 Å². The number of hydrogen-bond acceptors (Lipinski definition) is 3. The van der Waals surface area contributed by atoms with Crippen LogP contribution >= 0.6 is 0 Å². The number of para-hydroxylation sites is 1. The van der Waals surface area contributed by atoms with Crippen LogP contribution in [0.5, 0.6) is 0 Å². The SMILES string of the molecule is C/C(=N/Nc1cc(C)c2ccccc2n1)c1ccc(-c2ccccc2)cc1. The van der Waals surface area contributed by atoms with E-state index in [0.717, 1.165) is 22.6 Å². The summed E-state index contributed by atoms with van der Waals surface area (Å²) < 4.78 is 0. The molecule has 0 atom stereocenters. The summed E-state index contributed by atoms with van der Waals surface area (Å²) in [5.41, 5.74) is 9.67. The molecule has 1 N–H and O–H groups in total. The summed E-state index contributed by atoms with van der Waals surface area (Å²) in [7, 11) is 0. The summed E-state index contributed by atoms with van der Waals surface area (Å²) in [6.07, 6.45) is 0. The highest BCUT2D eigenvalue weighted by Gasteiger charge is 2.03. The second-order valence-electron chi connectivity index (χ2n) is 6.59. The number of hydrogen-bond donors (Lipinski definition) is 1. The van der Waals surface area contributed by atoms with Gasteiger partial charge >= 0.3 is 0 Å². The van der Waals surface area contributed by atoms with Gasteiger partial charge in [-0.2, -0.15) is 5.10 Å². The van der Waals surface area contributed by atoms with E-state index in [1.165, 1.54) is 22.1 Å². The molecule has 4 rings (SSSR count). The summed E-state index contributed by atoms with van der Waals surface area (Å²) in [5.74, 6) is 0.756. The van der Waals surface area contributed by atoms with Gasteiger partial charge in [0.05, 0.1) is 11.2 Å². The zero-order valence-corrected chi connectivity index (χ0v) is 15.5. The summed E-state index contributed by atoms with van der Waals surface area (Å²) in [4.78, 5) is 4.64. The first-order valence-corrected chi connectivity index (χ1v) is 9.03. The van der Waals surface area contributed by atoms with Gasteiger partial charge in [0.25, 0.3) is 0 Å². The van der Waals surface area contributed by atoms with E-state index in [2.05, 4.69) is 77.0 Å². The van der Waals surface area contributed by atoms with Crippen molar-refractivity contribution in [3.63, 3.8) is 0 Å². The minimum atomic E-state index is 0.756. The lowest BCUT2D eigenvalue weighted by atomic mass is 10.0. The van der Waals surface area contributed by atoms with Crippen molar-refractivity contribution < 1.29 is 0 Å². The van der Waals surface area contributed by atoms with E-state index in [1.54, 1.807) is 0 Å². The quantitative estimate of drug-likeness (QED) is 0.359. The number of pyridine rings is 1. The average Bonchev–Trinajstić information content (AvgIpc) is 2.73. The molecule has 1 heterocycles. The van der Waals surface area contributed by atoms with E-state index < -0.39 is 0 Å². The Morgan fingerprint density at radius 1 is 0.815 bits per heavy atom. The zero-order chi connectivity index (χ0) is 18.6. The van der Waals surface area contributed by atoms with Crippen molar-refractivity contribution in [1.29, 1.82) is 0 Å². The molecular formula is C24H21N3. The van der Waals surface area contributed by atoms with Crippen LogP contribution in [0.1, 0.15) is 18.1 Å². The topological polar surface area (TPSA) is 37.3 Å². The maximum atomic E-state index is 4.64.